The Balaban J connectivity index is 1.16. The fourth-order valence-corrected chi connectivity index (χ4v) is 8.60. The van der Waals surface area contributed by atoms with E-state index in [2.05, 4.69) is 47.0 Å². The molecule has 0 atom stereocenters. The largest absolute Gasteiger partial charge is 0.455 e. The van der Waals surface area contributed by atoms with Crippen molar-refractivity contribution in [3.63, 3.8) is 0 Å². The summed E-state index contributed by atoms with van der Waals surface area (Å²) in [6.07, 6.45) is 0. The van der Waals surface area contributed by atoms with Crippen molar-refractivity contribution in [1.82, 2.24) is 24.1 Å². The minimum absolute atomic E-state index is 0.00376. The summed E-state index contributed by atoms with van der Waals surface area (Å²) in [6.45, 7) is 0. The molecule has 8 aromatic carbocycles. The highest BCUT2D eigenvalue weighted by Gasteiger charge is 2.23. The predicted octanol–water partition coefficient (Wildman–Crippen LogP) is 12.8. The van der Waals surface area contributed by atoms with Gasteiger partial charge in [0, 0.05) is 49.1 Å². The molecular formula is C52H30N6O. The van der Waals surface area contributed by atoms with Crippen LogP contribution < -0.4 is 0 Å². The number of benzene rings is 8. The van der Waals surface area contributed by atoms with Gasteiger partial charge in [0.05, 0.1) is 43.0 Å². The van der Waals surface area contributed by atoms with Crippen molar-refractivity contribution in [3.05, 3.63) is 187 Å². The molecule has 0 unspecified atom stereocenters. The molecule has 0 aliphatic rings. The molecule has 0 bridgehead atoms. The summed E-state index contributed by atoms with van der Waals surface area (Å²) in [5.41, 5.74) is 7.09. The molecule has 7 heteroatoms. The predicted molar refractivity (Wildman–Crippen MR) is 237 cm³/mol. The highest BCUT2D eigenvalue weighted by Crippen LogP contribution is 2.43. The molecular weight excluding hydrogens is 725 g/mol. The molecule has 59 heavy (non-hydrogen) atoms. The van der Waals surface area contributed by atoms with Crippen LogP contribution >= 0.6 is 0 Å². The van der Waals surface area contributed by atoms with Gasteiger partial charge in [0.25, 0.3) is 0 Å². The van der Waals surface area contributed by atoms with Crippen molar-refractivity contribution in [1.29, 1.82) is 5.26 Å². The minimum atomic E-state index is -0.285. The maximum atomic E-state index is 11.1. The molecule has 4 heterocycles. The lowest BCUT2D eigenvalue weighted by atomic mass is 10.1. The lowest BCUT2D eigenvalue weighted by Gasteiger charge is -2.13. The van der Waals surface area contributed by atoms with Crippen LogP contribution in [0.5, 0.6) is 0 Å². The molecule has 0 amide bonds. The fraction of sp³-hybridized carbons (Fsp3) is 0. The number of furan rings is 1. The highest BCUT2D eigenvalue weighted by molar-refractivity contribution is 6.26. The normalized spacial score (nSPS) is 12.4. The van der Waals surface area contributed by atoms with E-state index >= 15 is 0 Å². The quantitative estimate of drug-likeness (QED) is 0.174. The third kappa shape index (κ3) is 4.97. The smallest absolute Gasteiger partial charge is 0.167 e. The first-order chi connectivity index (χ1) is 30.5. The molecule has 0 saturated carbocycles. The molecule has 12 aromatic rings. The Morgan fingerprint density at radius 1 is 0.508 bits per heavy atom. The summed E-state index contributed by atoms with van der Waals surface area (Å²) < 4.78 is 39.9. The summed E-state index contributed by atoms with van der Waals surface area (Å²) in [4.78, 5) is 14.7. The van der Waals surface area contributed by atoms with Gasteiger partial charge in [0.15, 0.2) is 17.5 Å². The summed E-state index contributed by atoms with van der Waals surface area (Å²) >= 11 is 0. The topological polar surface area (TPSA) is 85.5 Å². The standard InChI is InChI=1S/C52H30N6O/c53-31-34-30-33(51-54-50(32-14-3-1-4-15-32)55-52(56-51)41-22-13-21-39-37-19-9-12-25-46(37)59-49(39)41)26-28-42(34)58-43-23-10-7-18-36(43)38-27-29-45-47(48(38)58)40-20-8-11-24-44(40)57(45)35-16-5-2-6-17-35/h1-30H/i26D,28D,30D. The number of rotatable bonds is 5. The number of fused-ring (bicyclic) bond motifs is 10. The van der Waals surface area contributed by atoms with Crippen LogP contribution in [0.15, 0.2) is 186 Å². The van der Waals surface area contributed by atoms with Gasteiger partial charge in [-0.3, -0.25) is 0 Å². The Bertz CT molecular complexity index is 3870. The minimum Gasteiger partial charge on any atom is -0.455 e. The molecule has 0 aliphatic heterocycles. The Morgan fingerprint density at radius 3 is 1.95 bits per heavy atom. The number of para-hydroxylation sites is 5. The third-order valence-electron chi connectivity index (χ3n) is 11.1. The molecule has 12 rings (SSSR count). The van der Waals surface area contributed by atoms with E-state index in [0.29, 0.717) is 22.5 Å². The van der Waals surface area contributed by atoms with Gasteiger partial charge < -0.3 is 13.6 Å². The van der Waals surface area contributed by atoms with Gasteiger partial charge in [-0.15, -0.1) is 0 Å². The first-order valence-electron chi connectivity index (χ1n) is 20.8. The lowest BCUT2D eigenvalue weighted by molar-refractivity contribution is 0.669. The third-order valence-corrected chi connectivity index (χ3v) is 11.1. The number of hydrogen-bond acceptors (Lipinski definition) is 5. The lowest BCUT2D eigenvalue weighted by Crippen LogP contribution is -2.02. The van der Waals surface area contributed by atoms with Gasteiger partial charge in [-0.25, -0.2) is 15.0 Å². The van der Waals surface area contributed by atoms with Crippen molar-refractivity contribution in [2.24, 2.45) is 0 Å². The van der Waals surface area contributed by atoms with E-state index in [1.807, 2.05) is 132 Å². The van der Waals surface area contributed by atoms with E-state index < -0.39 is 0 Å². The molecule has 274 valence electrons. The SMILES string of the molecule is [2H]c1c([2H])c(-n2c3ccccc3c3ccc4c(c5ccccc5n4-c4ccccc4)c32)c(C#N)c([2H])c1-c1nc(-c2ccccc2)nc(-c2cccc3c2oc2ccccc23)n1. The van der Waals surface area contributed by atoms with Crippen molar-refractivity contribution in [2.75, 3.05) is 0 Å². The second-order valence-electron chi connectivity index (χ2n) is 14.4. The molecule has 7 nitrogen and oxygen atoms in total. The van der Waals surface area contributed by atoms with Crippen molar-refractivity contribution in [2.45, 2.75) is 0 Å². The fourth-order valence-electron chi connectivity index (χ4n) is 8.60. The van der Waals surface area contributed by atoms with Crippen LogP contribution in [0.25, 0.3) is 111 Å². The number of aromatic nitrogens is 5. The van der Waals surface area contributed by atoms with E-state index in [0.717, 1.165) is 65.7 Å². The van der Waals surface area contributed by atoms with Crippen LogP contribution in [0.2, 0.25) is 0 Å². The van der Waals surface area contributed by atoms with Crippen LogP contribution in [0.1, 0.15) is 9.68 Å². The second kappa shape index (κ2) is 12.8. The van der Waals surface area contributed by atoms with Crippen LogP contribution in [0, 0.1) is 11.3 Å². The average molecular weight is 758 g/mol. The van der Waals surface area contributed by atoms with Crippen LogP contribution in [0.3, 0.4) is 0 Å². The van der Waals surface area contributed by atoms with Gasteiger partial charge in [0.1, 0.15) is 17.2 Å². The van der Waals surface area contributed by atoms with Gasteiger partial charge >= 0.3 is 0 Å². The molecule has 0 N–H and O–H groups in total. The van der Waals surface area contributed by atoms with E-state index in [1.165, 1.54) is 0 Å². The molecule has 0 spiro atoms. The summed E-state index contributed by atoms with van der Waals surface area (Å²) in [5.74, 6) is 0.585. The van der Waals surface area contributed by atoms with E-state index in [1.54, 1.807) is 0 Å². The monoisotopic (exact) mass is 757 g/mol. The molecule has 0 radical (unpaired) electrons. The molecule has 0 aliphatic carbocycles. The first kappa shape index (κ1) is 29.9. The zero-order chi connectivity index (χ0) is 41.6. The Hall–Kier alpha value is -8.34. The molecule has 0 fully saturated rings. The zero-order valence-electron chi connectivity index (χ0n) is 34.2. The van der Waals surface area contributed by atoms with Crippen molar-refractivity contribution in [3.8, 4) is 51.6 Å². The van der Waals surface area contributed by atoms with Gasteiger partial charge in [-0.05, 0) is 60.6 Å². The molecule has 4 aromatic heterocycles. The van der Waals surface area contributed by atoms with Crippen molar-refractivity contribution < 1.29 is 8.53 Å². The van der Waals surface area contributed by atoms with Crippen LogP contribution in [-0.2, 0) is 0 Å². The summed E-state index contributed by atoms with van der Waals surface area (Å²) in [6, 6.07) is 55.0. The first-order valence-corrected chi connectivity index (χ1v) is 19.3. The maximum absolute atomic E-state index is 11.1. The number of nitrogens with zero attached hydrogens (tertiary/aromatic N) is 6. The van der Waals surface area contributed by atoms with E-state index in [-0.39, 0.29) is 46.6 Å². The summed E-state index contributed by atoms with van der Waals surface area (Å²) in [7, 11) is 0. The van der Waals surface area contributed by atoms with Crippen LogP contribution in [0.4, 0.5) is 0 Å². The van der Waals surface area contributed by atoms with Crippen LogP contribution in [-0.4, -0.2) is 24.1 Å². The Kier molecular flexibility index (Phi) is 6.51. The molecule has 0 saturated heterocycles. The maximum Gasteiger partial charge on any atom is 0.167 e. The number of hydrogen-bond donors (Lipinski definition) is 0. The average Bonchev–Trinajstić information content (AvgIpc) is 3.98. The number of nitriles is 1. The van der Waals surface area contributed by atoms with Gasteiger partial charge in [-0.1, -0.05) is 121 Å². The van der Waals surface area contributed by atoms with Crippen molar-refractivity contribution >= 4 is 65.6 Å². The second-order valence-corrected chi connectivity index (χ2v) is 14.4. The van der Waals surface area contributed by atoms with E-state index in [4.69, 9.17) is 19.4 Å². The summed E-state index contributed by atoms with van der Waals surface area (Å²) in [5, 5.41) is 16.7. The zero-order valence-corrected chi connectivity index (χ0v) is 31.2. The van der Waals surface area contributed by atoms with Gasteiger partial charge in [-0.2, -0.15) is 5.26 Å². The van der Waals surface area contributed by atoms with Gasteiger partial charge in [0.2, 0.25) is 0 Å². The Labute approximate surface area is 341 Å². The highest BCUT2D eigenvalue weighted by atomic mass is 16.3. The Morgan fingerprint density at radius 2 is 1.15 bits per heavy atom. The van der Waals surface area contributed by atoms with E-state index in [9.17, 15) is 9.37 Å².